The third-order valence-corrected chi connectivity index (χ3v) is 3.49. The Morgan fingerprint density at radius 1 is 1.65 bits per heavy atom. The van der Waals surface area contributed by atoms with E-state index in [1.165, 1.54) is 10.9 Å². The van der Waals surface area contributed by atoms with E-state index in [9.17, 15) is 4.79 Å². The van der Waals surface area contributed by atoms with Crippen LogP contribution in [0.1, 0.15) is 43.6 Å². The van der Waals surface area contributed by atoms with Gasteiger partial charge in [0.25, 0.3) is 5.91 Å². The minimum absolute atomic E-state index is 0.120. The highest BCUT2D eigenvalue weighted by Gasteiger charge is 2.32. The second kappa shape index (κ2) is 4.05. The van der Waals surface area contributed by atoms with Gasteiger partial charge in [-0.25, -0.2) is 0 Å². The van der Waals surface area contributed by atoms with Crippen LogP contribution in [-0.2, 0) is 7.05 Å². The quantitative estimate of drug-likeness (QED) is 0.813. The minimum Gasteiger partial charge on any atom is -0.396 e. The van der Waals surface area contributed by atoms with Crippen LogP contribution in [0.2, 0.25) is 0 Å². The van der Waals surface area contributed by atoms with Crippen LogP contribution in [0.3, 0.4) is 0 Å². The van der Waals surface area contributed by atoms with Crippen LogP contribution in [0.15, 0.2) is 6.20 Å². The number of aryl methyl sites for hydroxylation is 1. The van der Waals surface area contributed by atoms with Gasteiger partial charge in [0.05, 0.1) is 11.9 Å². The average Bonchev–Trinajstić information content (AvgIpc) is 2.70. The second-order valence-corrected chi connectivity index (χ2v) is 5.65. The van der Waals surface area contributed by atoms with Gasteiger partial charge in [0.1, 0.15) is 5.69 Å². The number of aromatic nitrogens is 2. The summed E-state index contributed by atoms with van der Waals surface area (Å²) in [4.78, 5) is 12.1. The number of rotatable bonds is 2. The maximum atomic E-state index is 12.1. The van der Waals surface area contributed by atoms with Crippen molar-refractivity contribution in [3.63, 3.8) is 0 Å². The number of nitrogens with zero attached hydrogens (tertiary/aromatic N) is 2. The van der Waals surface area contributed by atoms with Crippen LogP contribution in [0.25, 0.3) is 0 Å². The molecule has 1 amide bonds. The van der Waals surface area contributed by atoms with E-state index in [4.69, 9.17) is 5.73 Å². The van der Waals surface area contributed by atoms with Crippen molar-refractivity contribution in [3.05, 3.63) is 11.9 Å². The van der Waals surface area contributed by atoms with Crippen LogP contribution in [0, 0.1) is 5.41 Å². The van der Waals surface area contributed by atoms with E-state index in [-0.39, 0.29) is 11.9 Å². The van der Waals surface area contributed by atoms with Crippen LogP contribution in [0.4, 0.5) is 5.69 Å². The van der Waals surface area contributed by atoms with E-state index < -0.39 is 0 Å². The summed E-state index contributed by atoms with van der Waals surface area (Å²) < 4.78 is 1.52. The lowest BCUT2D eigenvalue weighted by molar-refractivity contribution is 0.0927. The van der Waals surface area contributed by atoms with E-state index in [0.29, 0.717) is 16.8 Å². The number of nitrogens with two attached hydrogens (primary N) is 1. The first-order valence-corrected chi connectivity index (χ1v) is 5.97. The van der Waals surface area contributed by atoms with Gasteiger partial charge in [-0.1, -0.05) is 13.8 Å². The van der Waals surface area contributed by atoms with E-state index in [1.54, 1.807) is 7.05 Å². The SMILES string of the molecule is Cn1ncc(N)c1C(=O)NC1CCC(C)(C)C1. The standard InChI is InChI=1S/C12H20N4O/c1-12(2)5-4-8(6-12)15-11(17)10-9(13)7-14-16(10)3/h7-8H,4-6,13H2,1-3H3,(H,15,17). The van der Waals surface area contributed by atoms with Crippen molar-refractivity contribution in [1.29, 1.82) is 0 Å². The van der Waals surface area contributed by atoms with Crippen LogP contribution < -0.4 is 11.1 Å². The molecular weight excluding hydrogens is 216 g/mol. The Balaban J connectivity index is 2.04. The fourth-order valence-electron chi connectivity index (χ4n) is 2.55. The van der Waals surface area contributed by atoms with Crippen LogP contribution in [0.5, 0.6) is 0 Å². The van der Waals surface area contributed by atoms with Crippen molar-refractivity contribution in [2.45, 2.75) is 39.2 Å². The Morgan fingerprint density at radius 2 is 2.35 bits per heavy atom. The van der Waals surface area contributed by atoms with Gasteiger partial charge in [0.2, 0.25) is 0 Å². The fraction of sp³-hybridized carbons (Fsp3) is 0.667. The minimum atomic E-state index is -0.120. The lowest BCUT2D eigenvalue weighted by atomic mass is 9.92. The molecule has 17 heavy (non-hydrogen) atoms. The van der Waals surface area contributed by atoms with Crippen molar-refractivity contribution in [2.75, 3.05) is 5.73 Å². The first-order valence-electron chi connectivity index (χ1n) is 5.97. The summed E-state index contributed by atoms with van der Waals surface area (Å²) in [7, 11) is 1.73. The second-order valence-electron chi connectivity index (χ2n) is 5.65. The van der Waals surface area contributed by atoms with Gasteiger partial charge < -0.3 is 11.1 Å². The molecule has 1 saturated carbocycles. The Hall–Kier alpha value is -1.52. The van der Waals surface area contributed by atoms with Gasteiger partial charge >= 0.3 is 0 Å². The molecule has 1 aliphatic carbocycles. The Labute approximate surface area is 101 Å². The lowest BCUT2D eigenvalue weighted by Gasteiger charge is -2.18. The van der Waals surface area contributed by atoms with Crippen LogP contribution in [-0.4, -0.2) is 21.7 Å². The number of anilines is 1. The van der Waals surface area contributed by atoms with Crippen molar-refractivity contribution in [2.24, 2.45) is 12.5 Å². The fourth-order valence-corrected chi connectivity index (χ4v) is 2.55. The number of nitrogens with one attached hydrogen (secondary N) is 1. The zero-order valence-corrected chi connectivity index (χ0v) is 10.7. The molecular formula is C12H20N4O. The van der Waals surface area contributed by atoms with E-state index in [1.807, 2.05) is 0 Å². The third-order valence-electron chi connectivity index (χ3n) is 3.49. The van der Waals surface area contributed by atoms with Gasteiger partial charge in [-0.3, -0.25) is 9.48 Å². The van der Waals surface area contributed by atoms with Gasteiger partial charge in [0, 0.05) is 13.1 Å². The molecule has 1 aliphatic rings. The summed E-state index contributed by atoms with van der Waals surface area (Å²) in [6.45, 7) is 4.47. The Kier molecular flexibility index (Phi) is 2.85. The summed E-state index contributed by atoms with van der Waals surface area (Å²) in [5.74, 6) is -0.120. The van der Waals surface area contributed by atoms with Crippen molar-refractivity contribution in [3.8, 4) is 0 Å². The summed E-state index contributed by atoms with van der Waals surface area (Å²) in [6.07, 6.45) is 4.72. The normalized spacial score (nSPS) is 22.6. The summed E-state index contributed by atoms with van der Waals surface area (Å²) in [5, 5.41) is 7.01. The Bertz CT molecular complexity index is 416. The van der Waals surface area contributed by atoms with E-state index >= 15 is 0 Å². The van der Waals surface area contributed by atoms with Crippen molar-refractivity contribution < 1.29 is 4.79 Å². The smallest absolute Gasteiger partial charge is 0.271 e. The van der Waals surface area contributed by atoms with Crippen LogP contribution >= 0.6 is 0 Å². The van der Waals surface area contributed by atoms with Gasteiger partial charge in [-0.15, -0.1) is 0 Å². The highest BCUT2D eigenvalue weighted by molar-refractivity contribution is 5.97. The van der Waals surface area contributed by atoms with E-state index in [0.717, 1.165) is 19.3 Å². The van der Waals surface area contributed by atoms with E-state index in [2.05, 4.69) is 24.3 Å². The highest BCUT2D eigenvalue weighted by atomic mass is 16.2. The molecule has 0 aliphatic heterocycles. The molecule has 5 heteroatoms. The largest absolute Gasteiger partial charge is 0.396 e. The molecule has 1 unspecified atom stereocenters. The maximum Gasteiger partial charge on any atom is 0.271 e. The molecule has 94 valence electrons. The maximum absolute atomic E-state index is 12.1. The number of hydrogen-bond acceptors (Lipinski definition) is 3. The summed E-state index contributed by atoms with van der Waals surface area (Å²) in [5.41, 5.74) is 6.94. The number of carbonyl (C=O) groups excluding carboxylic acids is 1. The number of nitrogen functional groups attached to an aromatic ring is 1. The zero-order chi connectivity index (χ0) is 12.6. The number of hydrogen-bond donors (Lipinski definition) is 2. The summed E-state index contributed by atoms with van der Waals surface area (Å²) in [6, 6.07) is 0.256. The molecule has 1 fully saturated rings. The average molecular weight is 236 g/mol. The van der Waals surface area contributed by atoms with Gasteiger partial charge in [-0.2, -0.15) is 5.10 Å². The molecule has 1 heterocycles. The molecule has 0 aromatic carbocycles. The molecule has 3 N–H and O–H groups in total. The summed E-state index contributed by atoms with van der Waals surface area (Å²) >= 11 is 0. The van der Waals surface area contributed by atoms with Crippen molar-refractivity contribution in [1.82, 2.24) is 15.1 Å². The molecule has 0 bridgehead atoms. The van der Waals surface area contributed by atoms with Gasteiger partial charge in [0.15, 0.2) is 0 Å². The molecule has 1 aromatic rings. The monoisotopic (exact) mass is 236 g/mol. The lowest BCUT2D eigenvalue weighted by Crippen LogP contribution is -2.35. The number of amides is 1. The third kappa shape index (κ3) is 2.43. The molecule has 5 nitrogen and oxygen atoms in total. The highest BCUT2D eigenvalue weighted by Crippen LogP contribution is 2.37. The molecule has 2 rings (SSSR count). The first kappa shape index (κ1) is 12.0. The predicted octanol–water partition coefficient (Wildman–Crippen LogP) is 1.31. The first-order chi connectivity index (χ1) is 7.89. The number of carbonyl (C=O) groups is 1. The molecule has 1 atom stereocenters. The zero-order valence-electron chi connectivity index (χ0n) is 10.7. The molecule has 0 radical (unpaired) electrons. The van der Waals surface area contributed by atoms with Crippen molar-refractivity contribution >= 4 is 11.6 Å². The van der Waals surface area contributed by atoms with Gasteiger partial charge in [-0.05, 0) is 24.7 Å². The predicted molar refractivity (Wildman–Crippen MR) is 66.5 cm³/mol. The molecule has 0 spiro atoms. The Morgan fingerprint density at radius 3 is 2.82 bits per heavy atom. The topological polar surface area (TPSA) is 72.9 Å². The molecule has 0 saturated heterocycles. The molecule has 1 aromatic heterocycles.